The van der Waals surface area contributed by atoms with Crippen LogP contribution in [-0.2, 0) is 0 Å². The van der Waals surface area contributed by atoms with Crippen molar-refractivity contribution in [3.8, 4) is 22.3 Å². The lowest BCUT2D eigenvalue weighted by Gasteiger charge is -2.28. The second-order valence-electron chi connectivity index (χ2n) is 11.1. The first-order valence-corrected chi connectivity index (χ1v) is 13.7. The number of nitrogens with zero attached hydrogens (tertiary/aromatic N) is 1. The fourth-order valence-electron chi connectivity index (χ4n) is 7.80. The van der Waals surface area contributed by atoms with Gasteiger partial charge in [-0.2, -0.15) is 0 Å². The van der Waals surface area contributed by atoms with Gasteiger partial charge in [-0.3, -0.25) is 4.99 Å². The molecule has 5 aromatic rings. The summed E-state index contributed by atoms with van der Waals surface area (Å²) >= 11 is 0. The Morgan fingerprint density at radius 1 is 0.769 bits per heavy atom. The number of aromatic nitrogens is 1. The molecule has 180 valence electrons. The van der Waals surface area contributed by atoms with Gasteiger partial charge in [-0.15, -0.1) is 0 Å². The maximum Gasteiger partial charge on any atom is 0.0695 e. The van der Waals surface area contributed by atoms with E-state index in [1.807, 2.05) is 0 Å². The molecule has 0 spiro atoms. The average molecular weight is 495 g/mol. The SMILES string of the molecule is C1=CC2C3=C(CC4=C2/C(=C/c2[nH]cc5cc6c7c(cccc7c25)-c2ccccc2-6)N=C4)c2ccccc2C3=C1. The Hall–Kier alpha value is -4.95. The van der Waals surface area contributed by atoms with Gasteiger partial charge in [0.15, 0.2) is 0 Å². The summed E-state index contributed by atoms with van der Waals surface area (Å²) in [6.45, 7) is 0. The number of hydrogen-bond acceptors (Lipinski definition) is 1. The predicted octanol–water partition coefficient (Wildman–Crippen LogP) is 9.13. The molecule has 2 nitrogen and oxygen atoms in total. The summed E-state index contributed by atoms with van der Waals surface area (Å²) in [6.07, 6.45) is 14.4. The van der Waals surface area contributed by atoms with Gasteiger partial charge in [0.1, 0.15) is 0 Å². The Morgan fingerprint density at radius 3 is 2.46 bits per heavy atom. The Bertz CT molecular complexity index is 2190. The van der Waals surface area contributed by atoms with E-state index in [0.29, 0.717) is 0 Å². The van der Waals surface area contributed by atoms with Crippen LogP contribution in [0.4, 0.5) is 0 Å². The molecule has 0 amide bonds. The van der Waals surface area contributed by atoms with E-state index in [4.69, 9.17) is 4.99 Å². The summed E-state index contributed by atoms with van der Waals surface area (Å²) in [5, 5.41) is 5.20. The minimum Gasteiger partial charge on any atom is -0.360 e. The maximum atomic E-state index is 5.01. The smallest absolute Gasteiger partial charge is 0.0695 e. The van der Waals surface area contributed by atoms with Crippen molar-refractivity contribution < 1.29 is 0 Å². The van der Waals surface area contributed by atoms with E-state index in [9.17, 15) is 0 Å². The molecule has 0 saturated carbocycles. The lowest BCUT2D eigenvalue weighted by Crippen LogP contribution is -2.14. The van der Waals surface area contributed by atoms with Crippen LogP contribution in [0.15, 0.2) is 125 Å². The molecule has 10 rings (SSSR count). The highest BCUT2D eigenvalue weighted by molar-refractivity contribution is 6.24. The van der Waals surface area contributed by atoms with E-state index >= 15 is 0 Å². The number of allylic oxidation sites excluding steroid dienone is 8. The Balaban J connectivity index is 1.15. The summed E-state index contributed by atoms with van der Waals surface area (Å²) < 4.78 is 0. The van der Waals surface area contributed by atoms with E-state index in [-0.39, 0.29) is 5.92 Å². The van der Waals surface area contributed by atoms with Crippen molar-refractivity contribution in [2.24, 2.45) is 10.9 Å². The van der Waals surface area contributed by atoms with Crippen LogP contribution in [-0.4, -0.2) is 11.2 Å². The summed E-state index contributed by atoms with van der Waals surface area (Å²) in [5.41, 5.74) is 17.4. The molecular weight excluding hydrogens is 472 g/mol. The van der Waals surface area contributed by atoms with Gasteiger partial charge in [0.05, 0.1) is 5.70 Å². The molecule has 5 aliphatic rings. The van der Waals surface area contributed by atoms with E-state index in [1.54, 1.807) is 0 Å². The molecule has 4 aliphatic carbocycles. The minimum absolute atomic E-state index is 0.248. The first-order chi connectivity index (χ1) is 19.3. The summed E-state index contributed by atoms with van der Waals surface area (Å²) in [7, 11) is 0. The minimum atomic E-state index is 0.248. The number of nitrogens with one attached hydrogen (secondary N) is 1. The summed E-state index contributed by atoms with van der Waals surface area (Å²) in [5.74, 6) is 0.248. The zero-order valence-corrected chi connectivity index (χ0v) is 21.1. The average Bonchev–Trinajstić information content (AvgIpc) is 3.74. The standard InChI is InChI=1S/C37H22N2/c1-3-9-24-22(7-1)26-11-5-13-28-34-20(15-30(24)36(26)28)18-38-32(34)17-33-35-21(19-39-33)16-31-25-10-4-2-8-23(25)27-12-6-14-29(35)37(27)31/h1-15,17-19,29,38H,16H2/b33-17-. The summed E-state index contributed by atoms with van der Waals surface area (Å²) in [4.78, 5) is 8.64. The molecular formula is C37H22N2. The zero-order valence-electron chi connectivity index (χ0n) is 21.1. The van der Waals surface area contributed by atoms with Crippen LogP contribution in [0.25, 0.3) is 61.0 Å². The fourth-order valence-corrected chi connectivity index (χ4v) is 7.80. The van der Waals surface area contributed by atoms with E-state index in [0.717, 1.165) is 17.8 Å². The van der Waals surface area contributed by atoms with Crippen LogP contribution in [0, 0.1) is 5.92 Å². The van der Waals surface area contributed by atoms with Gasteiger partial charge in [-0.1, -0.05) is 85.0 Å². The number of fused-ring (bicyclic) bond motifs is 9. The molecule has 2 heteroatoms. The van der Waals surface area contributed by atoms with Crippen molar-refractivity contribution in [3.05, 3.63) is 136 Å². The van der Waals surface area contributed by atoms with Crippen LogP contribution in [0.3, 0.4) is 0 Å². The highest BCUT2D eigenvalue weighted by Crippen LogP contribution is 2.56. The van der Waals surface area contributed by atoms with Crippen LogP contribution in [0.1, 0.15) is 23.2 Å². The van der Waals surface area contributed by atoms with E-state index in [1.165, 1.54) is 82.8 Å². The number of benzene rings is 4. The molecule has 0 fully saturated rings. The molecule has 0 saturated heterocycles. The third-order valence-corrected chi connectivity index (χ3v) is 9.33. The lowest BCUT2D eigenvalue weighted by molar-refractivity contribution is 0.903. The molecule has 1 aliphatic heterocycles. The normalized spacial score (nSPS) is 20.3. The first-order valence-electron chi connectivity index (χ1n) is 13.7. The third kappa shape index (κ3) is 2.41. The quantitative estimate of drug-likeness (QED) is 0.236. The predicted molar refractivity (Wildman–Crippen MR) is 162 cm³/mol. The lowest BCUT2D eigenvalue weighted by atomic mass is 9.75. The van der Waals surface area contributed by atoms with Crippen molar-refractivity contribution in [3.63, 3.8) is 0 Å². The van der Waals surface area contributed by atoms with Crippen molar-refractivity contribution in [1.82, 2.24) is 4.98 Å². The van der Waals surface area contributed by atoms with Gasteiger partial charge in [0.2, 0.25) is 0 Å². The van der Waals surface area contributed by atoms with Gasteiger partial charge >= 0.3 is 0 Å². The van der Waals surface area contributed by atoms with Crippen molar-refractivity contribution >= 4 is 45.0 Å². The molecule has 1 N–H and O–H groups in total. The van der Waals surface area contributed by atoms with Gasteiger partial charge in [0.25, 0.3) is 0 Å². The van der Waals surface area contributed by atoms with Crippen LogP contribution >= 0.6 is 0 Å². The van der Waals surface area contributed by atoms with E-state index in [2.05, 4.69) is 114 Å². The van der Waals surface area contributed by atoms with E-state index < -0.39 is 0 Å². The second-order valence-corrected chi connectivity index (χ2v) is 11.1. The number of H-pyrrole nitrogens is 1. The van der Waals surface area contributed by atoms with Crippen molar-refractivity contribution in [2.45, 2.75) is 6.42 Å². The molecule has 0 radical (unpaired) electrons. The summed E-state index contributed by atoms with van der Waals surface area (Å²) in [6, 6.07) is 26.8. The Morgan fingerprint density at radius 2 is 1.56 bits per heavy atom. The largest absolute Gasteiger partial charge is 0.360 e. The fraction of sp³-hybridized carbons (Fsp3) is 0.0541. The van der Waals surface area contributed by atoms with Crippen LogP contribution in [0.5, 0.6) is 0 Å². The van der Waals surface area contributed by atoms with Crippen molar-refractivity contribution in [1.29, 1.82) is 0 Å². The highest BCUT2D eigenvalue weighted by Gasteiger charge is 2.39. The van der Waals surface area contributed by atoms with Crippen LogP contribution in [0.2, 0.25) is 0 Å². The molecule has 2 heterocycles. The number of aliphatic imine (C=N–C) groups is 1. The maximum absolute atomic E-state index is 5.01. The van der Waals surface area contributed by atoms with Gasteiger partial charge in [0, 0.05) is 41.2 Å². The molecule has 1 atom stereocenters. The molecule has 39 heavy (non-hydrogen) atoms. The molecule has 4 aromatic carbocycles. The Kier molecular flexibility index (Phi) is 3.56. The molecule has 1 aromatic heterocycles. The Labute approximate surface area is 225 Å². The van der Waals surface area contributed by atoms with Crippen LogP contribution < -0.4 is 0 Å². The van der Waals surface area contributed by atoms with Crippen molar-refractivity contribution in [2.75, 3.05) is 0 Å². The van der Waals surface area contributed by atoms with Gasteiger partial charge < -0.3 is 4.98 Å². The third-order valence-electron chi connectivity index (χ3n) is 9.33. The zero-order chi connectivity index (χ0) is 25.2. The molecule has 1 unspecified atom stereocenters. The molecule has 0 bridgehead atoms. The first kappa shape index (κ1) is 20.1. The number of rotatable bonds is 1. The highest BCUT2D eigenvalue weighted by atomic mass is 14.8. The monoisotopic (exact) mass is 494 g/mol. The number of aromatic amines is 1. The van der Waals surface area contributed by atoms with Gasteiger partial charge in [-0.25, -0.2) is 0 Å². The van der Waals surface area contributed by atoms with Gasteiger partial charge in [-0.05, 0) is 84.2 Å². The second kappa shape index (κ2) is 6.92. The number of hydrogen-bond donors (Lipinski definition) is 1. The topological polar surface area (TPSA) is 28.1 Å².